The maximum Gasteiger partial charge on any atom is 0.416 e. The molecule has 1 saturated heterocycles. The average molecular weight is 626 g/mol. The van der Waals surface area contributed by atoms with Crippen LogP contribution in [0, 0.1) is 0 Å². The Labute approximate surface area is 246 Å². The number of hydrogen-bond acceptors (Lipinski definition) is 8. The van der Waals surface area contributed by atoms with Crippen LogP contribution in [0.15, 0.2) is 71.8 Å². The normalized spacial score (nSPS) is 18.0. The Hall–Kier alpha value is -3.75. The molecule has 1 amide bonds. The first-order chi connectivity index (χ1) is 20.4. The number of rotatable bonds is 12. The van der Waals surface area contributed by atoms with Gasteiger partial charge in [-0.15, -0.1) is 0 Å². The minimum Gasteiger partial charge on any atom is -0.489 e. The van der Waals surface area contributed by atoms with Gasteiger partial charge in [-0.05, 0) is 54.1 Å². The van der Waals surface area contributed by atoms with Crippen molar-refractivity contribution < 1.29 is 45.4 Å². The second-order valence-electron chi connectivity index (χ2n) is 9.87. The van der Waals surface area contributed by atoms with Crippen LogP contribution in [-0.4, -0.2) is 68.9 Å². The minimum absolute atomic E-state index is 0.0177. The average Bonchev–Trinajstić information content (AvgIpc) is 3.40. The molecule has 3 atom stereocenters. The van der Waals surface area contributed by atoms with Crippen LogP contribution in [-0.2, 0) is 20.8 Å². The van der Waals surface area contributed by atoms with E-state index in [0.29, 0.717) is 17.8 Å². The molecule has 43 heavy (non-hydrogen) atoms. The predicted molar refractivity (Wildman–Crippen MR) is 149 cm³/mol. The van der Waals surface area contributed by atoms with Crippen molar-refractivity contribution in [1.82, 2.24) is 10.3 Å². The maximum absolute atomic E-state index is 12.9. The van der Waals surface area contributed by atoms with Gasteiger partial charge in [-0.25, -0.2) is 17.8 Å². The number of pyridine rings is 1. The van der Waals surface area contributed by atoms with Gasteiger partial charge in [-0.1, -0.05) is 19.1 Å². The summed E-state index contributed by atoms with van der Waals surface area (Å²) in [5, 5.41) is 12.6. The number of sulfone groups is 1. The van der Waals surface area contributed by atoms with Crippen molar-refractivity contribution in [1.29, 1.82) is 0 Å². The standard InChI is InChI=1S/C29H31F4N3O6S/c1-2-43(39,40)25-10-3-19(4-11-25)26(16-37)35-28(38)20-5-12-27(34-14-20)36-15-24(13-22(36)17-41-18-30)42-23-8-6-21(7-9-23)29(31,32)33/h3-12,14,22,24,26,37H,2,13,15-18H2,1H3,(H,35,38)/t22-,24?,26-/m0/s1. The number of carbonyl (C=O) groups is 1. The number of amides is 1. The molecular weight excluding hydrogens is 594 g/mol. The fourth-order valence-electron chi connectivity index (χ4n) is 4.73. The number of aliphatic hydroxyl groups excluding tert-OH is 1. The molecule has 0 radical (unpaired) electrons. The fraction of sp³-hybridized carbons (Fsp3) is 0.379. The number of halogens is 4. The molecule has 14 heteroatoms. The zero-order valence-corrected chi connectivity index (χ0v) is 23.9. The third-order valence-corrected chi connectivity index (χ3v) is 8.81. The van der Waals surface area contributed by atoms with E-state index in [0.717, 1.165) is 12.1 Å². The van der Waals surface area contributed by atoms with Crippen LogP contribution in [0.1, 0.15) is 40.9 Å². The molecule has 232 valence electrons. The Morgan fingerprint density at radius 1 is 1.12 bits per heavy atom. The zero-order valence-electron chi connectivity index (χ0n) is 23.1. The lowest BCUT2D eigenvalue weighted by atomic mass is 10.1. The molecule has 1 unspecified atom stereocenters. The molecule has 2 N–H and O–H groups in total. The van der Waals surface area contributed by atoms with E-state index in [9.17, 15) is 35.9 Å². The highest BCUT2D eigenvalue weighted by atomic mass is 32.2. The maximum atomic E-state index is 12.9. The SMILES string of the molecule is CCS(=O)(=O)c1ccc([C@H](CO)NC(=O)c2ccc(N3CC(Oc4ccc(C(F)(F)F)cc4)C[C@H]3COCF)nc2)cc1. The molecule has 1 aliphatic heterocycles. The summed E-state index contributed by atoms with van der Waals surface area (Å²) < 4.78 is 86.4. The van der Waals surface area contributed by atoms with Gasteiger partial charge in [0.2, 0.25) is 0 Å². The zero-order chi connectivity index (χ0) is 31.2. The van der Waals surface area contributed by atoms with Crippen molar-refractivity contribution >= 4 is 21.6 Å². The number of hydrogen-bond donors (Lipinski definition) is 2. The molecule has 1 aliphatic rings. The molecule has 9 nitrogen and oxygen atoms in total. The van der Waals surface area contributed by atoms with E-state index in [1.54, 1.807) is 6.07 Å². The van der Waals surface area contributed by atoms with Gasteiger partial charge in [0.1, 0.15) is 17.7 Å². The monoisotopic (exact) mass is 625 g/mol. The fourth-order valence-corrected chi connectivity index (χ4v) is 5.62. The largest absolute Gasteiger partial charge is 0.489 e. The van der Waals surface area contributed by atoms with Crippen LogP contribution in [0.2, 0.25) is 0 Å². The number of nitrogens with zero attached hydrogens (tertiary/aromatic N) is 2. The van der Waals surface area contributed by atoms with Gasteiger partial charge < -0.3 is 24.8 Å². The summed E-state index contributed by atoms with van der Waals surface area (Å²) in [6.45, 7) is 0.419. The van der Waals surface area contributed by atoms with E-state index in [2.05, 4.69) is 10.3 Å². The van der Waals surface area contributed by atoms with Crippen molar-refractivity contribution in [2.24, 2.45) is 0 Å². The van der Waals surface area contributed by atoms with Gasteiger partial charge in [0.05, 0.1) is 53.6 Å². The van der Waals surface area contributed by atoms with Gasteiger partial charge in [0.15, 0.2) is 16.7 Å². The molecule has 0 aliphatic carbocycles. The van der Waals surface area contributed by atoms with E-state index in [1.807, 2.05) is 4.90 Å². The molecule has 2 heterocycles. The number of aliphatic hydroxyl groups is 1. The molecule has 2 aromatic carbocycles. The Morgan fingerprint density at radius 3 is 2.37 bits per heavy atom. The van der Waals surface area contributed by atoms with Crippen molar-refractivity contribution in [2.75, 3.05) is 37.3 Å². The van der Waals surface area contributed by atoms with Crippen LogP contribution >= 0.6 is 0 Å². The summed E-state index contributed by atoms with van der Waals surface area (Å²) in [7, 11) is -3.39. The Morgan fingerprint density at radius 2 is 1.81 bits per heavy atom. The first-order valence-corrected chi connectivity index (χ1v) is 15.0. The van der Waals surface area contributed by atoms with Crippen LogP contribution in [0.3, 0.4) is 0 Å². The molecule has 3 aromatic rings. The van der Waals surface area contributed by atoms with E-state index in [1.165, 1.54) is 55.6 Å². The highest BCUT2D eigenvalue weighted by Gasteiger charge is 2.35. The van der Waals surface area contributed by atoms with Gasteiger partial charge in [0, 0.05) is 12.6 Å². The molecule has 0 spiro atoms. The molecular formula is C29H31F4N3O6S. The summed E-state index contributed by atoms with van der Waals surface area (Å²) in [5.41, 5.74) is -0.0795. The molecule has 4 rings (SSSR count). The third-order valence-electron chi connectivity index (χ3n) is 7.06. The molecule has 0 saturated carbocycles. The topological polar surface area (TPSA) is 118 Å². The minimum atomic E-state index is -4.46. The summed E-state index contributed by atoms with van der Waals surface area (Å²) in [4.78, 5) is 19.3. The van der Waals surface area contributed by atoms with E-state index in [-0.39, 0.29) is 41.2 Å². The number of anilines is 1. The Balaban J connectivity index is 1.42. The van der Waals surface area contributed by atoms with Gasteiger partial charge >= 0.3 is 6.18 Å². The van der Waals surface area contributed by atoms with Crippen molar-refractivity contribution in [2.45, 2.75) is 42.6 Å². The number of carbonyl (C=O) groups excluding carboxylic acids is 1. The van der Waals surface area contributed by atoms with E-state index in [4.69, 9.17) is 9.47 Å². The van der Waals surface area contributed by atoms with Gasteiger partial charge in [0.25, 0.3) is 5.91 Å². The Kier molecular flexibility index (Phi) is 10.2. The van der Waals surface area contributed by atoms with Crippen LogP contribution < -0.4 is 15.0 Å². The molecule has 1 aromatic heterocycles. The number of alkyl halides is 4. The number of ether oxygens (including phenoxy) is 2. The lowest BCUT2D eigenvalue weighted by Gasteiger charge is -2.25. The first kappa shape index (κ1) is 32.2. The summed E-state index contributed by atoms with van der Waals surface area (Å²) in [5.74, 6) is 0.133. The van der Waals surface area contributed by atoms with Crippen LogP contribution in [0.5, 0.6) is 5.75 Å². The van der Waals surface area contributed by atoms with Crippen molar-refractivity contribution in [3.8, 4) is 5.75 Å². The summed E-state index contributed by atoms with van der Waals surface area (Å²) in [6.07, 6.45) is -3.18. The number of nitrogens with one attached hydrogen (secondary N) is 1. The lowest BCUT2D eigenvalue weighted by molar-refractivity contribution is -0.137. The molecule has 0 bridgehead atoms. The number of aromatic nitrogens is 1. The highest BCUT2D eigenvalue weighted by molar-refractivity contribution is 7.91. The second kappa shape index (κ2) is 13.7. The van der Waals surface area contributed by atoms with Gasteiger partial charge in [-0.3, -0.25) is 4.79 Å². The van der Waals surface area contributed by atoms with Gasteiger partial charge in [-0.2, -0.15) is 13.2 Å². The second-order valence-corrected chi connectivity index (χ2v) is 12.1. The quantitative estimate of drug-likeness (QED) is 0.286. The van der Waals surface area contributed by atoms with Crippen LogP contribution in [0.4, 0.5) is 23.4 Å². The first-order valence-electron chi connectivity index (χ1n) is 13.4. The number of benzene rings is 2. The van der Waals surface area contributed by atoms with Crippen LogP contribution in [0.25, 0.3) is 0 Å². The Bertz CT molecular complexity index is 1470. The van der Waals surface area contributed by atoms with E-state index >= 15 is 0 Å². The highest BCUT2D eigenvalue weighted by Crippen LogP contribution is 2.32. The smallest absolute Gasteiger partial charge is 0.416 e. The predicted octanol–water partition coefficient (Wildman–Crippen LogP) is 4.33. The van der Waals surface area contributed by atoms with E-state index < -0.39 is 53.1 Å². The summed E-state index contributed by atoms with van der Waals surface area (Å²) >= 11 is 0. The third kappa shape index (κ3) is 8.00. The van der Waals surface area contributed by atoms with Crippen molar-refractivity contribution in [3.63, 3.8) is 0 Å². The molecule has 1 fully saturated rings. The summed E-state index contributed by atoms with van der Waals surface area (Å²) in [6, 6.07) is 12.2. The van der Waals surface area contributed by atoms with Crippen molar-refractivity contribution in [3.05, 3.63) is 83.6 Å². The lowest BCUT2D eigenvalue weighted by Crippen LogP contribution is -2.34.